The largest absolute Gasteiger partial charge is 0.342 e. The summed E-state index contributed by atoms with van der Waals surface area (Å²) < 4.78 is 25.2. The lowest BCUT2D eigenvalue weighted by atomic mass is 9.75. The van der Waals surface area contributed by atoms with E-state index in [1.54, 1.807) is 4.31 Å². The van der Waals surface area contributed by atoms with Crippen molar-refractivity contribution in [1.29, 1.82) is 0 Å². The van der Waals surface area contributed by atoms with Gasteiger partial charge >= 0.3 is 0 Å². The lowest BCUT2D eigenvalue weighted by Gasteiger charge is -2.39. The van der Waals surface area contributed by atoms with E-state index in [1.165, 1.54) is 19.1 Å². The van der Waals surface area contributed by atoms with Gasteiger partial charge in [-0.25, -0.2) is 12.7 Å². The van der Waals surface area contributed by atoms with Gasteiger partial charge in [0.1, 0.15) is 16.8 Å². The first-order valence-corrected chi connectivity index (χ1v) is 13.1. The van der Waals surface area contributed by atoms with E-state index in [0.717, 1.165) is 63.0 Å². The quantitative estimate of drug-likeness (QED) is 0.637. The second-order valence-corrected chi connectivity index (χ2v) is 11.4. The average Bonchev–Trinajstić information content (AvgIpc) is 2.87. The lowest BCUT2D eigenvalue weighted by Crippen LogP contribution is -2.49. The van der Waals surface area contributed by atoms with Crippen LogP contribution in [-0.4, -0.2) is 85.0 Å². The van der Waals surface area contributed by atoms with E-state index in [4.69, 9.17) is 0 Å². The summed E-state index contributed by atoms with van der Waals surface area (Å²) in [6.45, 7) is 3.85. The maximum Gasteiger partial charge on any atom is 0.239 e. The third kappa shape index (κ3) is 4.45. The normalized spacial score (nSPS) is 32.9. The summed E-state index contributed by atoms with van der Waals surface area (Å²) in [4.78, 5) is 28.8. The summed E-state index contributed by atoms with van der Waals surface area (Å²) >= 11 is 0. The standard InChI is InChI=1S/C20H35N4O4S/c1-29(27,28)22-11-6-16(7-12-22)17-8-13-23-19(14-17)18(15-24(23)26)20(25)21-9-4-2-3-5-10-21/h16-19H,2-15H2,1H3/q+1. The molecule has 0 saturated carbocycles. The average molecular weight is 428 g/mol. The van der Waals surface area contributed by atoms with E-state index < -0.39 is 10.0 Å². The Labute approximate surface area is 174 Å². The van der Waals surface area contributed by atoms with Crippen molar-refractivity contribution in [2.45, 2.75) is 57.4 Å². The summed E-state index contributed by atoms with van der Waals surface area (Å²) in [6, 6.07) is 0.00920. The van der Waals surface area contributed by atoms with Gasteiger partial charge in [0, 0.05) is 26.2 Å². The molecule has 0 radical (unpaired) electrons. The van der Waals surface area contributed by atoms with Crippen LogP contribution in [0.5, 0.6) is 0 Å². The molecule has 0 spiro atoms. The fraction of sp³-hybridized carbons (Fsp3) is 0.950. The van der Waals surface area contributed by atoms with Crippen molar-refractivity contribution in [3.05, 3.63) is 4.91 Å². The Hall–Kier alpha value is -1.22. The predicted octanol–water partition coefficient (Wildman–Crippen LogP) is 1.46. The van der Waals surface area contributed by atoms with Gasteiger partial charge in [-0.15, -0.1) is 5.01 Å². The molecule has 0 aromatic rings. The molecule has 4 rings (SSSR count). The predicted molar refractivity (Wildman–Crippen MR) is 109 cm³/mol. The number of amides is 1. The monoisotopic (exact) mass is 427 g/mol. The number of likely N-dealkylation sites (tertiary alicyclic amines) is 1. The SMILES string of the molecule is CS(=O)(=O)N1CCC(C2CCN3C(C2)C(C(=O)N2CCCCCC2)C[N+]3=O)CC1. The van der Waals surface area contributed by atoms with Gasteiger partial charge in [-0.1, -0.05) is 12.8 Å². The van der Waals surface area contributed by atoms with Crippen LogP contribution in [0.3, 0.4) is 0 Å². The molecule has 0 bridgehead atoms. The molecule has 3 unspecified atom stereocenters. The van der Waals surface area contributed by atoms with Gasteiger partial charge in [0.25, 0.3) is 0 Å². The summed E-state index contributed by atoms with van der Waals surface area (Å²) in [5, 5.41) is 1.89. The maximum absolute atomic E-state index is 13.3. The molecule has 4 aliphatic rings. The number of hydrogen-bond acceptors (Lipinski definition) is 4. The highest BCUT2D eigenvalue weighted by atomic mass is 32.2. The Morgan fingerprint density at radius 1 is 0.897 bits per heavy atom. The Morgan fingerprint density at radius 3 is 2.14 bits per heavy atom. The van der Waals surface area contributed by atoms with Gasteiger partial charge in [0.05, 0.1) is 17.7 Å². The molecule has 0 aliphatic carbocycles. The van der Waals surface area contributed by atoms with Gasteiger partial charge in [-0.05, 0) is 50.4 Å². The zero-order valence-electron chi connectivity index (χ0n) is 17.5. The molecular formula is C20H35N4O4S+. The molecule has 4 aliphatic heterocycles. The van der Waals surface area contributed by atoms with Crippen LogP contribution in [0.4, 0.5) is 0 Å². The van der Waals surface area contributed by atoms with Gasteiger partial charge < -0.3 is 4.90 Å². The second kappa shape index (κ2) is 8.49. The summed E-state index contributed by atoms with van der Waals surface area (Å²) in [5.74, 6) is 0.922. The number of carbonyl (C=O) groups is 1. The third-order valence-electron chi connectivity index (χ3n) is 7.63. The van der Waals surface area contributed by atoms with Crippen LogP contribution in [-0.2, 0) is 14.8 Å². The molecule has 3 atom stereocenters. The molecule has 4 heterocycles. The molecule has 1 amide bonds. The Morgan fingerprint density at radius 2 is 1.52 bits per heavy atom. The minimum Gasteiger partial charge on any atom is -0.342 e. The number of nitroso groups, excluding NO2 is 1. The van der Waals surface area contributed by atoms with Crippen molar-refractivity contribution in [1.82, 2.24) is 14.2 Å². The van der Waals surface area contributed by atoms with Gasteiger partial charge in [0.2, 0.25) is 22.5 Å². The van der Waals surface area contributed by atoms with Gasteiger partial charge in [0.15, 0.2) is 0 Å². The van der Waals surface area contributed by atoms with E-state index in [2.05, 4.69) is 0 Å². The fourth-order valence-electron chi connectivity index (χ4n) is 5.93. The van der Waals surface area contributed by atoms with Crippen LogP contribution in [0.2, 0.25) is 0 Å². The molecule has 29 heavy (non-hydrogen) atoms. The smallest absolute Gasteiger partial charge is 0.239 e. The molecule has 0 aromatic carbocycles. The highest BCUT2D eigenvalue weighted by molar-refractivity contribution is 7.88. The third-order valence-corrected chi connectivity index (χ3v) is 8.93. The first-order chi connectivity index (χ1) is 13.8. The summed E-state index contributed by atoms with van der Waals surface area (Å²) in [7, 11) is -3.11. The number of sulfonamides is 1. The van der Waals surface area contributed by atoms with Crippen molar-refractivity contribution in [2.75, 3.05) is 45.5 Å². The zero-order chi connectivity index (χ0) is 20.6. The Balaban J connectivity index is 1.40. The molecule has 4 saturated heterocycles. The first-order valence-electron chi connectivity index (χ1n) is 11.3. The zero-order valence-corrected chi connectivity index (χ0v) is 18.4. The van der Waals surface area contributed by atoms with Crippen LogP contribution in [0.1, 0.15) is 51.4 Å². The van der Waals surface area contributed by atoms with E-state index >= 15 is 0 Å². The van der Waals surface area contributed by atoms with Crippen LogP contribution in [0.15, 0.2) is 0 Å². The minimum atomic E-state index is -3.11. The number of nitrogens with zero attached hydrogens (tertiary/aromatic N) is 4. The summed E-state index contributed by atoms with van der Waals surface area (Å²) in [6.07, 6.45) is 9.40. The van der Waals surface area contributed by atoms with Crippen LogP contribution < -0.4 is 0 Å². The number of carbonyl (C=O) groups excluding carboxylic acids is 1. The first kappa shape index (κ1) is 21.0. The fourth-order valence-corrected chi connectivity index (χ4v) is 6.81. The number of hydrazine groups is 1. The summed E-state index contributed by atoms with van der Waals surface area (Å²) in [5.41, 5.74) is 0. The number of rotatable bonds is 3. The van der Waals surface area contributed by atoms with Crippen molar-refractivity contribution in [2.24, 2.45) is 17.8 Å². The number of fused-ring (bicyclic) bond motifs is 1. The molecule has 164 valence electrons. The Bertz CT molecular complexity index is 727. The number of hydrogen-bond donors (Lipinski definition) is 0. The van der Waals surface area contributed by atoms with E-state index in [0.29, 0.717) is 31.5 Å². The molecule has 0 aromatic heterocycles. The van der Waals surface area contributed by atoms with Crippen molar-refractivity contribution in [3.8, 4) is 0 Å². The highest BCUT2D eigenvalue weighted by Crippen LogP contribution is 2.40. The van der Waals surface area contributed by atoms with Crippen molar-refractivity contribution in [3.63, 3.8) is 0 Å². The minimum absolute atomic E-state index is 0.00920. The van der Waals surface area contributed by atoms with Gasteiger partial charge in [-0.2, -0.15) is 0 Å². The highest BCUT2D eigenvalue weighted by Gasteiger charge is 2.54. The van der Waals surface area contributed by atoms with Gasteiger partial charge in [-0.3, -0.25) is 4.79 Å². The number of piperidine rings is 2. The molecule has 8 nitrogen and oxygen atoms in total. The second-order valence-electron chi connectivity index (χ2n) is 9.40. The lowest BCUT2D eigenvalue weighted by molar-refractivity contribution is -0.692. The topological polar surface area (TPSA) is 81.0 Å². The van der Waals surface area contributed by atoms with E-state index in [1.807, 2.05) is 9.91 Å². The van der Waals surface area contributed by atoms with Crippen LogP contribution in [0.25, 0.3) is 0 Å². The molecule has 0 N–H and O–H groups in total. The van der Waals surface area contributed by atoms with Crippen molar-refractivity contribution < 1.29 is 18.1 Å². The molecular weight excluding hydrogens is 392 g/mol. The van der Waals surface area contributed by atoms with Crippen LogP contribution >= 0.6 is 0 Å². The molecule has 4 fully saturated rings. The maximum atomic E-state index is 13.3. The van der Waals surface area contributed by atoms with Crippen LogP contribution in [0, 0.1) is 22.7 Å². The molecule has 9 heteroatoms. The van der Waals surface area contributed by atoms with E-state index in [9.17, 15) is 18.1 Å². The Kier molecular flexibility index (Phi) is 6.16. The van der Waals surface area contributed by atoms with E-state index in [-0.39, 0.29) is 17.9 Å². The van der Waals surface area contributed by atoms with Crippen molar-refractivity contribution >= 4 is 15.9 Å².